The number of methoxy groups -OCH3 is 1. The van der Waals surface area contributed by atoms with Crippen molar-refractivity contribution in [1.29, 1.82) is 0 Å². The lowest BCUT2D eigenvalue weighted by atomic mass is 10.0. The molecule has 136 valence electrons. The fourth-order valence-corrected chi connectivity index (χ4v) is 2.55. The highest BCUT2D eigenvalue weighted by Gasteiger charge is 2.15. The van der Waals surface area contributed by atoms with E-state index in [-0.39, 0.29) is 11.5 Å². The van der Waals surface area contributed by atoms with Crippen LogP contribution in [0.3, 0.4) is 0 Å². The van der Waals surface area contributed by atoms with Gasteiger partial charge in [-0.2, -0.15) is 5.10 Å². The van der Waals surface area contributed by atoms with E-state index in [9.17, 15) is 14.4 Å². The second-order valence-corrected chi connectivity index (χ2v) is 5.81. The molecule has 0 aliphatic heterocycles. The quantitative estimate of drug-likeness (QED) is 0.679. The molecule has 3 aromatic rings. The lowest BCUT2D eigenvalue weighted by Gasteiger charge is -2.06. The number of hydrogen-bond donors (Lipinski definition) is 2. The van der Waals surface area contributed by atoms with E-state index in [1.807, 2.05) is 0 Å². The van der Waals surface area contributed by atoms with Gasteiger partial charge in [-0.25, -0.2) is 5.10 Å². The highest BCUT2D eigenvalue weighted by Crippen LogP contribution is 2.20. The minimum absolute atomic E-state index is 0.00361. The Balaban J connectivity index is 1.92. The maximum Gasteiger partial charge on any atom is 0.275 e. The van der Waals surface area contributed by atoms with Gasteiger partial charge in [-0.3, -0.25) is 14.4 Å². The first-order chi connectivity index (χ1) is 13.0. The van der Waals surface area contributed by atoms with Crippen molar-refractivity contribution in [2.45, 2.75) is 6.92 Å². The van der Waals surface area contributed by atoms with E-state index in [0.29, 0.717) is 28.3 Å². The number of aromatic amines is 1. The van der Waals surface area contributed by atoms with Gasteiger partial charge in [0.15, 0.2) is 5.78 Å². The van der Waals surface area contributed by atoms with E-state index < -0.39 is 11.3 Å². The van der Waals surface area contributed by atoms with Crippen LogP contribution in [-0.4, -0.2) is 29.0 Å². The van der Waals surface area contributed by atoms with Crippen LogP contribution in [0.15, 0.2) is 59.4 Å². The summed E-state index contributed by atoms with van der Waals surface area (Å²) in [5.74, 6) is 0.0462. The summed E-state index contributed by atoms with van der Waals surface area (Å²) in [6.07, 6.45) is 0. The van der Waals surface area contributed by atoms with Crippen molar-refractivity contribution in [1.82, 2.24) is 10.2 Å². The Morgan fingerprint density at radius 2 is 1.70 bits per heavy atom. The monoisotopic (exact) mass is 363 g/mol. The number of ketones is 1. The molecule has 0 unspecified atom stereocenters. The maximum atomic E-state index is 12.7. The number of aromatic nitrogens is 2. The Morgan fingerprint density at radius 1 is 1.04 bits per heavy atom. The van der Waals surface area contributed by atoms with E-state index in [1.54, 1.807) is 48.5 Å². The van der Waals surface area contributed by atoms with E-state index in [2.05, 4.69) is 15.5 Å². The van der Waals surface area contributed by atoms with Crippen molar-refractivity contribution in [3.63, 3.8) is 0 Å². The first kappa shape index (κ1) is 18.1. The number of carbonyl (C=O) groups excluding carboxylic acids is 2. The van der Waals surface area contributed by atoms with Gasteiger partial charge in [-0.15, -0.1) is 0 Å². The van der Waals surface area contributed by atoms with Crippen molar-refractivity contribution in [3.05, 3.63) is 76.1 Å². The van der Waals surface area contributed by atoms with Gasteiger partial charge in [0, 0.05) is 23.7 Å². The SMILES string of the molecule is COc1ccc(C(=O)c2cc(-c3ccc(NC(C)=O)cc3)n[nH]c2=O)cc1. The highest BCUT2D eigenvalue weighted by molar-refractivity contribution is 6.09. The second-order valence-electron chi connectivity index (χ2n) is 5.81. The molecule has 0 radical (unpaired) electrons. The van der Waals surface area contributed by atoms with Crippen LogP contribution in [0.5, 0.6) is 5.75 Å². The fourth-order valence-electron chi connectivity index (χ4n) is 2.55. The zero-order chi connectivity index (χ0) is 19.4. The molecular weight excluding hydrogens is 346 g/mol. The molecule has 0 spiro atoms. The van der Waals surface area contributed by atoms with Crippen LogP contribution < -0.4 is 15.6 Å². The van der Waals surface area contributed by atoms with Gasteiger partial charge in [-0.1, -0.05) is 12.1 Å². The average Bonchev–Trinajstić information content (AvgIpc) is 2.68. The fraction of sp³-hybridized carbons (Fsp3) is 0.100. The smallest absolute Gasteiger partial charge is 0.275 e. The molecule has 2 aromatic carbocycles. The van der Waals surface area contributed by atoms with Crippen LogP contribution in [0.25, 0.3) is 11.3 Å². The average molecular weight is 363 g/mol. The van der Waals surface area contributed by atoms with Gasteiger partial charge in [-0.05, 0) is 42.5 Å². The van der Waals surface area contributed by atoms with Crippen molar-refractivity contribution in [2.24, 2.45) is 0 Å². The Kier molecular flexibility index (Phi) is 5.12. The van der Waals surface area contributed by atoms with Gasteiger partial charge >= 0.3 is 0 Å². The summed E-state index contributed by atoms with van der Waals surface area (Å²) in [7, 11) is 1.54. The molecule has 3 rings (SSSR count). The summed E-state index contributed by atoms with van der Waals surface area (Å²) in [6.45, 7) is 1.43. The Hall–Kier alpha value is -3.74. The van der Waals surface area contributed by atoms with Gasteiger partial charge in [0.25, 0.3) is 5.56 Å². The molecule has 2 N–H and O–H groups in total. The van der Waals surface area contributed by atoms with E-state index in [0.717, 1.165) is 0 Å². The van der Waals surface area contributed by atoms with Crippen molar-refractivity contribution < 1.29 is 14.3 Å². The first-order valence-electron chi connectivity index (χ1n) is 8.14. The van der Waals surface area contributed by atoms with Crippen LogP contribution in [0.2, 0.25) is 0 Å². The molecule has 1 amide bonds. The number of H-pyrrole nitrogens is 1. The van der Waals surface area contributed by atoms with E-state index >= 15 is 0 Å². The van der Waals surface area contributed by atoms with Gasteiger partial charge < -0.3 is 10.1 Å². The molecule has 0 aliphatic carbocycles. The normalized spacial score (nSPS) is 10.3. The largest absolute Gasteiger partial charge is 0.497 e. The first-order valence-corrected chi connectivity index (χ1v) is 8.14. The predicted octanol–water partition coefficient (Wildman–Crippen LogP) is 2.63. The molecule has 27 heavy (non-hydrogen) atoms. The summed E-state index contributed by atoms with van der Waals surface area (Å²) < 4.78 is 5.07. The van der Waals surface area contributed by atoms with Crippen molar-refractivity contribution in [3.8, 4) is 17.0 Å². The molecule has 7 heteroatoms. The van der Waals surface area contributed by atoms with Crippen LogP contribution in [0.1, 0.15) is 22.8 Å². The van der Waals surface area contributed by atoms with Gasteiger partial charge in [0.2, 0.25) is 5.91 Å². The molecule has 0 saturated carbocycles. The molecule has 0 bridgehead atoms. The third-order valence-corrected chi connectivity index (χ3v) is 3.90. The number of nitrogens with one attached hydrogen (secondary N) is 2. The summed E-state index contributed by atoms with van der Waals surface area (Å²) in [5.41, 5.74) is 1.60. The molecular formula is C20H17N3O4. The third-order valence-electron chi connectivity index (χ3n) is 3.90. The zero-order valence-corrected chi connectivity index (χ0v) is 14.8. The Bertz CT molecular complexity index is 1040. The van der Waals surface area contributed by atoms with Crippen LogP contribution >= 0.6 is 0 Å². The number of amides is 1. The minimum Gasteiger partial charge on any atom is -0.497 e. The lowest BCUT2D eigenvalue weighted by molar-refractivity contribution is -0.114. The van der Waals surface area contributed by atoms with E-state index in [1.165, 1.54) is 20.1 Å². The highest BCUT2D eigenvalue weighted by atomic mass is 16.5. The van der Waals surface area contributed by atoms with Crippen LogP contribution in [0, 0.1) is 0 Å². The molecule has 7 nitrogen and oxygen atoms in total. The number of nitrogens with zero attached hydrogens (tertiary/aromatic N) is 1. The van der Waals surface area contributed by atoms with E-state index in [4.69, 9.17) is 4.74 Å². The molecule has 1 aromatic heterocycles. The Morgan fingerprint density at radius 3 is 2.30 bits per heavy atom. The minimum atomic E-state index is -0.561. The topological polar surface area (TPSA) is 101 Å². The molecule has 0 atom stereocenters. The Labute approximate surface area is 155 Å². The molecule has 0 aliphatic rings. The predicted molar refractivity (Wildman–Crippen MR) is 101 cm³/mol. The lowest BCUT2D eigenvalue weighted by Crippen LogP contribution is -2.20. The summed E-state index contributed by atoms with van der Waals surface area (Å²) in [6, 6.07) is 14.9. The van der Waals surface area contributed by atoms with Crippen LogP contribution in [-0.2, 0) is 4.79 Å². The number of anilines is 1. The zero-order valence-electron chi connectivity index (χ0n) is 14.8. The molecule has 1 heterocycles. The standard InChI is InChI=1S/C20H17N3O4/c1-12(24)21-15-7-3-13(4-8-15)18-11-17(20(26)23-22-18)19(25)14-5-9-16(27-2)10-6-14/h3-11H,1-2H3,(H,21,24)(H,23,26). The number of ether oxygens (including phenoxy) is 1. The molecule has 0 saturated heterocycles. The summed E-state index contributed by atoms with van der Waals surface area (Å²) in [5, 5.41) is 9.04. The van der Waals surface area contributed by atoms with Gasteiger partial charge in [0.05, 0.1) is 18.4 Å². The number of hydrogen-bond acceptors (Lipinski definition) is 5. The maximum absolute atomic E-state index is 12.7. The van der Waals surface area contributed by atoms with Gasteiger partial charge in [0.1, 0.15) is 5.75 Å². The second kappa shape index (κ2) is 7.65. The number of rotatable bonds is 5. The summed E-state index contributed by atoms with van der Waals surface area (Å²) in [4.78, 5) is 35.9. The third kappa shape index (κ3) is 4.09. The van der Waals surface area contributed by atoms with Crippen molar-refractivity contribution >= 4 is 17.4 Å². The number of carbonyl (C=O) groups is 2. The molecule has 0 fully saturated rings. The van der Waals surface area contributed by atoms with Crippen LogP contribution in [0.4, 0.5) is 5.69 Å². The van der Waals surface area contributed by atoms with Crippen molar-refractivity contribution in [2.75, 3.05) is 12.4 Å². The number of benzene rings is 2. The summed E-state index contributed by atoms with van der Waals surface area (Å²) >= 11 is 0.